The van der Waals surface area contributed by atoms with Crippen LogP contribution in [0.15, 0.2) is 84.9 Å². The van der Waals surface area contributed by atoms with E-state index < -0.39 is 11.9 Å². The average molecular weight is 523 g/mol. The van der Waals surface area contributed by atoms with Gasteiger partial charge in [-0.25, -0.2) is 9.59 Å². The number of ether oxygens (including phenoxy) is 4. The highest BCUT2D eigenvalue weighted by atomic mass is 16.6. The monoisotopic (exact) mass is 522 g/mol. The molecule has 0 N–H and O–H groups in total. The highest BCUT2D eigenvalue weighted by molar-refractivity contribution is 6.09. The summed E-state index contributed by atoms with van der Waals surface area (Å²) in [5, 5.41) is 0. The summed E-state index contributed by atoms with van der Waals surface area (Å²) in [7, 11) is 0. The number of ketones is 1. The van der Waals surface area contributed by atoms with Gasteiger partial charge in [-0.1, -0.05) is 6.07 Å². The minimum absolute atomic E-state index is 0.175. The van der Waals surface area contributed by atoms with Crippen LogP contribution in [-0.4, -0.2) is 23.7 Å². The summed E-state index contributed by atoms with van der Waals surface area (Å²) in [6.45, 7) is 3.12. The van der Waals surface area contributed by atoms with Crippen LogP contribution < -0.4 is 9.47 Å². The van der Waals surface area contributed by atoms with Crippen LogP contribution in [0.5, 0.6) is 23.0 Å². The quantitative estimate of drug-likeness (QED) is 0.161. The Bertz CT molecular complexity index is 1600. The third-order valence-corrected chi connectivity index (χ3v) is 6.03. The normalized spacial score (nSPS) is 11.8. The fourth-order valence-electron chi connectivity index (χ4n) is 4.03. The molecule has 194 valence electrons. The Morgan fingerprint density at radius 3 is 1.85 bits per heavy atom. The molecule has 0 saturated heterocycles. The predicted molar refractivity (Wildman–Crippen MR) is 139 cm³/mol. The van der Waals surface area contributed by atoms with Crippen molar-refractivity contribution in [3.8, 4) is 23.0 Å². The zero-order valence-electron chi connectivity index (χ0n) is 21.1. The number of hydrogen-bond acceptors (Lipinski definition) is 8. The molecule has 0 aliphatic carbocycles. The van der Waals surface area contributed by atoms with Crippen LogP contribution in [-0.2, 0) is 20.9 Å². The van der Waals surface area contributed by atoms with E-state index in [0.717, 1.165) is 12.5 Å². The molecule has 8 nitrogen and oxygen atoms in total. The zero-order valence-corrected chi connectivity index (χ0v) is 21.1. The Hall–Kier alpha value is -5.24. The maximum Gasteiger partial charge on any atom is 0.346 e. The summed E-state index contributed by atoms with van der Waals surface area (Å²) in [6.07, 6.45) is 0. The lowest BCUT2D eigenvalue weighted by molar-refractivity contribution is -0.135. The highest BCUT2D eigenvalue weighted by Crippen LogP contribution is 2.29. The number of esters is 3. The summed E-state index contributed by atoms with van der Waals surface area (Å²) >= 11 is 0. The second-order valence-corrected chi connectivity index (χ2v) is 8.83. The van der Waals surface area contributed by atoms with Gasteiger partial charge in [0.15, 0.2) is 5.78 Å². The van der Waals surface area contributed by atoms with Gasteiger partial charge in [-0.15, -0.1) is 0 Å². The Balaban J connectivity index is 1.23. The molecule has 4 aromatic carbocycles. The summed E-state index contributed by atoms with van der Waals surface area (Å²) in [5.74, 6) is 0.00707. The lowest BCUT2D eigenvalue weighted by Gasteiger charge is -2.10. The van der Waals surface area contributed by atoms with Crippen LogP contribution in [0, 0.1) is 6.92 Å². The molecule has 5 rings (SSSR count). The van der Waals surface area contributed by atoms with Crippen molar-refractivity contribution in [2.75, 3.05) is 0 Å². The molecule has 4 aromatic rings. The second-order valence-electron chi connectivity index (χ2n) is 8.83. The first-order chi connectivity index (χ1) is 18.8. The fourth-order valence-corrected chi connectivity index (χ4v) is 4.03. The molecule has 0 bridgehead atoms. The van der Waals surface area contributed by atoms with E-state index in [1.807, 2.05) is 0 Å². The van der Waals surface area contributed by atoms with E-state index in [9.17, 15) is 19.2 Å². The molecule has 0 unspecified atom stereocenters. The number of aryl methyl sites for hydroxylation is 1. The fraction of sp³-hybridized carbons (Fsp3) is 0.0968. The second kappa shape index (κ2) is 10.6. The third-order valence-electron chi connectivity index (χ3n) is 6.03. The van der Waals surface area contributed by atoms with Crippen LogP contribution in [0.1, 0.15) is 54.7 Å². The summed E-state index contributed by atoms with van der Waals surface area (Å²) < 4.78 is 21.4. The van der Waals surface area contributed by atoms with Crippen molar-refractivity contribution in [1.29, 1.82) is 0 Å². The third kappa shape index (κ3) is 5.70. The van der Waals surface area contributed by atoms with Gasteiger partial charge in [-0.3, -0.25) is 9.59 Å². The van der Waals surface area contributed by atoms with Crippen molar-refractivity contribution >= 4 is 23.7 Å². The maximum atomic E-state index is 13.0. The minimum atomic E-state index is -0.749. The number of cyclic esters (lactones) is 1. The molecule has 1 aliphatic heterocycles. The van der Waals surface area contributed by atoms with E-state index in [2.05, 4.69) is 4.74 Å². The average Bonchev–Trinajstić information content (AvgIpc) is 3.29. The van der Waals surface area contributed by atoms with Gasteiger partial charge < -0.3 is 18.9 Å². The van der Waals surface area contributed by atoms with Crippen molar-refractivity contribution in [1.82, 2.24) is 0 Å². The van der Waals surface area contributed by atoms with E-state index in [0.29, 0.717) is 45.3 Å². The number of carbonyl (C=O) groups is 4. The predicted octanol–water partition coefficient (Wildman–Crippen LogP) is 6.18. The first-order valence-electron chi connectivity index (χ1n) is 12.0. The first-order valence-corrected chi connectivity index (χ1v) is 12.0. The Kier molecular flexibility index (Phi) is 6.93. The molecule has 8 heteroatoms. The maximum absolute atomic E-state index is 13.0. The van der Waals surface area contributed by atoms with Gasteiger partial charge >= 0.3 is 17.9 Å². The Morgan fingerprint density at radius 1 is 0.718 bits per heavy atom. The van der Waals surface area contributed by atoms with E-state index in [-0.39, 0.29) is 23.9 Å². The van der Waals surface area contributed by atoms with Crippen molar-refractivity contribution in [2.24, 2.45) is 0 Å². The molecule has 39 heavy (non-hydrogen) atoms. The van der Waals surface area contributed by atoms with Crippen molar-refractivity contribution in [3.05, 3.63) is 118 Å². The molecule has 0 saturated carbocycles. The largest absolute Gasteiger partial charge is 0.457 e. The number of carbonyl (C=O) groups excluding carboxylic acids is 4. The topological polar surface area (TPSA) is 105 Å². The number of hydrogen-bond donors (Lipinski definition) is 0. The van der Waals surface area contributed by atoms with Gasteiger partial charge in [0.2, 0.25) is 0 Å². The Morgan fingerprint density at radius 2 is 1.26 bits per heavy atom. The SMILES string of the molecule is CC(=O)OC(=O)c1cc(Oc2ccc(C(=O)c3ccc(Oc4ccc5c(c4)COC5=O)cc3)cc2)ccc1C. The zero-order chi connectivity index (χ0) is 27.5. The van der Waals surface area contributed by atoms with Crippen molar-refractivity contribution < 1.29 is 38.1 Å². The number of rotatable bonds is 7. The lowest BCUT2D eigenvalue weighted by atomic mass is 10.0. The molecule has 0 amide bonds. The van der Waals surface area contributed by atoms with Crippen LogP contribution in [0.2, 0.25) is 0 Å². The highest BCUT2D eigenvalue weighted by Gasteiger charge is 2.21. The molecule has 0 radical (unpaired) electrons. The summed E-state index contributed by atoms with van der Waals surface area (Å²) in [6, 6.07) is 23.4. The first kappa shape index (κ1) is 25.4. The van der Waals surface area contributed by atoms with Gasteiger partial charge in [-0.05, 0) is 91.3 Å². The van der Waals surface area contributed by atoms with Gasteiger partial charge in [0.25, 0.3) is 0 Å². The molecule has 0 spiro atoms. The van der Waals surface area contributed by atoms with E-state index in [1.165, 1.54) is 6.07 Å². The molecule has 1 heterocycles. The van der Waals surface area contributed by atoms with Gasteiger partial charge in [0.1, 0.15) is 29.6 Å². The number of fused-ring (bicyclic) bond motifs is 1. The summed E-state index contributed by atoms with van der Waals surface area (Å²) in [5.41, 5.74) is 3.13. The van der Waals surface area contributed by atoms with Crippen molar-refractivity contribution in [2.45, 2.75) is 20.5 Å². The molecule has 0 atom stereocenters. The van der Waals surface area contributed by atoms with Crippen molar-refractivity contribution in [3.63, 3.8) is 0 Å². The van der Waals surface area contributed by atoms with Crippen LogP contribution >= 0.6 is 0 Å². The van der Waals surface area contributed by atoms with Crippen LogP contribution in [0.25, 0.3) is 0 Å². The van der Waals surface area contributed by atoms with Gasteiger partial charge in [0.05, 0.1) is 11.1 Å². The van der Waals surface area contributed by atoms with E-state index >= 15 is 0 Å². The van der Waals surface area contributed by atoms with E-state index in [4.69, 9.17) is 14.2 Å². The lowest BCUT2D eigenvalue weighted by Crippen LogP contribution is -2.10. The minimum Gasteiger partial charge on any atom is -0.457 e. The van der Waals surface area contributed by atoms with Gasteiger partial charge in [0, 0.05) is 23.6 Å². The van der Waals surface area contributed by atoms with Crippen LogP contribution in [0.3, 0.4) is 0 Å². The summed E-state index contributed by atoms with van der Waals surface area (Å²) in [4.78, 5) is 47.8. The van der Waals surface area contributed by atoms with Crippen LogP contribution in [0.4, 0.5) is 0 Å². The molecular weight excluding hydrogens is 500 g/mol. The smallest absolute Gasteiger partial charge is 0.346 e. The standard InChI is InChI=1S/C31H22O8/c1-18-3-8-26(16-28(18)31(35)37-19(2)32)39-24-11-6-21(7-12-24)29(33)20-4-9-23(10-5-20)38-25-13-14-27-22(15-25)17-36-30(27)34/h3-16H,17H2,1-2H3. The van der Waals surface area contributed by atoms with E-state index in [1.54, 1.807) is 85.8 Å². The molecule has 0 fully saturated rings. The molecular formula is C31H22O8. The van der Waals surface area contributed by atoms with Gasteiger partial charge in [-0.2, -0.15) is 0 Å². The number of benzene rings is 4. The Labute approximate surface area is 223 Å². The molecule has 1 aliphatic rings. The molecule has 0 aromatic heterocycles.